The molecule has 5 nitrogen and oxygen atoms in total. The van der Waals surface area contributed by atoms with Crippen LogP contribution in [0, 0.1) is 0 Å². The lowest BCUT2D eigenvalue weighted by atomic mass is 10.1. The molecular formula is C14H13N3O2. The summed E-state index contributed by atoms with van der Waals surface area (Å²) in [4.78, 5) is 15.6. The Morgan fingerprint density at radius 1 is 1.21 bits per heavy atom. The van der Waals surface area contributed by atoms with E-state index in [0.717, 1.165) is 5.56 Å². The van der Waals surface area contributed by atoms with Gasteiger partial charge in [-0.1, -0.05) is 0 Å². The number of benzene rings is 1. The van der Waals surface area contributed by atoms with E-state index in [1.807, 2.05) is 0 Å². The van der Waals surface area contributed by atoms with E-state index in [-0.39, 0.29) is 11.7 Å². The normalized spacial score (nSPS) is 11.1. The Balaban J connectivity index is 2.06. The average Bonchev–Trinajstić information content (AvgIpc) is 2.46. The number of nitrogens with one attached hydrogen (secondary N) is 1. The Morgan fingerprint density at radius 3 is 2.58 bits per heavy atom. The number of rotatable bonds is 3. The van der Waals surface area contributed by atoms with Crippen LogP contribution >= 0.6 is 0 Å². The highest BCUT2D eigenvalue weighted by Gasteiger charge is 2.04. The Labute approximate surface area is 110 Å². The van der Waals surface area contributed by atoms with Gasteiger partial charge in [0.05, 0.1) is 11.3 Å². The zero-order chi connectivity index (χ0) is 13.7. The molecule has 1 amide bonds. The van der Waals surface area contributed by atoms with Crippen molar-refractivity contribution in [1.29, 1.82) is 0 Å². The smallest absolute Gasteiger partial charge is 0.272 e. The Kier molecular flexibility index (Phi) is 3.87. The van der Waals surface area contributed by atoms with Gasteiger partial charge in [0.1, 0.15) is 5.75 Å². The van der Waals surface area contributed by atoms with Gasteiger partial charge in [0.15, 0.2) is 0 Å². The van der Waals surface area contributed by atoms with Crippen molar-refractivity contribution in [3.05, 3.63) is 59.9 Å². The molecule has 0 atom stereocenters. The van der Waals surface area contributed by atoms with Gasteiger partial charge in [0, 0.05) is 12.4 Å². The molecule has 0 spiro atoms. The van der Waals surface area contributed by atoms with Crippen molar-refractivity contribution in [2.75, 3.05) is 0 Å². The lowest BCUT2D eigenvalue weighted by Crippen LogP contribution is -2.19. The van der Waals surface area contributed by atoms with Gasteiger partial charge in [-0.25, -0.2) is 5.43 Å². The van der Waals surface area contributed by atoms with Crippen LogP contribution in [0.1, 0.15) is 22.8 Å². The van der Waals surface area contributed by atoms with Crippen molar-refractivity contribution in [2.45, 2.75) is 6.92 Å². The summed E-state index contributed by atoms with van der Waals surface area (Å²) >= 11 is 0. The number of phenolic OH excluding ortho intramolecular Hbond substituents is 1. The maximum Gasteiger partial charge on any atom is 0.272 e. The summed E-state index contributed by atoms with van der Waals surface area (Å²) in [6, 6.07) is 9.93. The van der Waals surface area contributed by atoms with Crippen LogP contribution in [0.3, 0.4) is 0 Å². The Bertz CT molecular complexity index is 592. The van der Waals surface area contributed by atoms with Gasteiger partial charge >= 0.3 is 0 Å². The number of phenols is 1. The minimum atomic E-state index is -0.314. The molecule has 0 saturated heterocycles. The number of pyridine rings is 1. The number of hydrogen-bond acceptors (Lipinski definition) is 4. The molecule has 5 heteroatoms. The lowest BCUT2D eigenvalue weighted by Gasteiger charge is -2.03. The largest absolute Gasteiger partial charge is 0.508 e. The molecule has 1 aromatic heterocycles. The number of amides is 1. The second kappa shape index (κ2) is 5.77. The summed E-state index contributed by atoms with van der Waals surface area (Å²) in [5.74, 6) is -0.123. The third-order valence-corrected chi connectivity index (χ3v) is 2.53. The van der Waals surface area contributed by atoms with Gasteiger partial charge in [-0.2, -0.15) is 5.10 Å². The van der Waals surface area contributed by atoms with Gasteiger partial charge in [-0.3, -0.25) is 9.78 Å². The highest BCUT2D eigenvalue weighted by Crippen LogP contribution is 2.10. The van der Waals surface area contributed by atoms with Crippen LogP contribution in [0.2, 0.25) is 0 Å². The standard InChI is InChI=1S/C14H13N3O2/c1-10(11-4-6-13(18)7-5-11)16-17-14(19)12-3-2-8-15-9-12/h2-9,18H,1H3,(H,17,19)/b16-10+. The molecule has 0 aliphatic rings. The van der Waals surface area contributed by atoms with Crippen molar-refractivity contribution < 1.29 is 9.90 Å². The van der Waals surface area contributed by atoms with E-state index >= 15 is 0 Å². The van der Waals surface area contributed by atoms with E-state index < -0.39 is 0 Å². The molecule has 1 aromatic carbocycles. The number of aromatic hydroxyl groups is 1. The van der Waals surface area contributed by atoms with Crippen molar-refractivity contribution in [3.63, 3.8) is 0 Å². The number of carbonyl (C=O) groups is 1. The van der Waals surface area contributed by atoms with E-state index in [4.69, 9.17) is 0 Å². The molecule has 0 saturated carbocycles. The minimum Gasteiger partial charge on any atom is -0.508 e. The molecule has 0 bridgehead atoms. The molecule has 0 aliphatic heterocycles. The molecule has 0 unspecified atom stereocenters. The predicted octanol–water partition coefficient (Wildman–Crippen LogP) is 1.94. The third kappa shape index (κ3) is 3.38. The summed E-state index contributed by atoms with van der Waals surface area (Å²) in [5.41, 5.74) is 4.38. The fourth-order valence-electron chi connectivity index (χ4n) is 1.46. The van der Waals surface area contributed by atoms with Crippen LogP contribution in [-0.4, -0.2) is 21.7 Å². The first-order valence-corrected chi connectivity index (χ1v) is 5.71. The van der Waals surface area contributed by atoms with Crippen molar-refractivity contribution in [2.24, 2.45) is 5.10 Å². The van der Waals surface area contributed by atoms with Crippen LogP contribution in [0.15, 0.2) is 53.9 Å². The molecule has 96 valence electrons. The minimum absolute atomic E-state index is 0.191. The number of hydrogen-bond donors (Lipinski definition) is 2. The summed E-state index contributed by atoms with van der Waals surface area (Å²) in [6.07, 6.45) is 3.07. The van der Waals surface area contributed by atoms with E-state index in [9.17, 15) is 9.90 Å². The first-order valence-electron chi connectivity index (χ1n) is 5.71. The van der Waals surface area contributed by atoms with E-state index in [1.165, 1.54) is 6.20 Å². The quantitative estimate of drug-likeness (QED) is 0.650. The SMILES string of the molecule is C/C(=N\NC(=O)c1cccnc1)c1ccc(O)cc1. The highest BCUT2D eigenvalue weighted by molar-refractivity contribution is 6.00. The molecule has 2 aromatic rings. The van der Waals surface area contributed by atoms with Gasteiger partial charge in [-0.15, -0.1) is 0 Å². The average molecular weight is 255 g/mol. The van der Waals surface area contributed by atoms with Crippen molar-refractivity contribution in [1.82, 2.24) is 10.4 Å². The van der Waals surface area contributed by atoms with E-state index in [1.54, 1.807) is 49.5 Å². The second-order valence-electron chi connectivity index (χ2n) is 3.93. The summed E-state index contributed by atoms with van der Waals surface area (Å²) in [7, 11) is 0. The number of aromatic nitrogens is 1. The zero-order valence-corrected chi connectivity index (χ0v) is 10.4. The van der Waals surface area contributed by atoms with Crippen LogP contribution in [0.4, 0.5) is 0 Å². The molecular weight excluding hydrogens is 242 g/mol. The molecule has 1 heterocycles. The zero-order valence-electron chi connectivity index (χ0n) is 10.4. The molecule has 2 rings (SSSR count). The third-order valence-electron chi connectivity index (χ3n) is 2.53. The maximum atomic E-state index is 11.7. The molecule has 0 radical (unpaired) electrons. The number of hydrazone groups is 1. The van der Waals surface area contributed by atoms with Crippen LogP contribution < -0.4 is 5.43 Å². The maximum absolute atomic E-state index is 11.7. The van der Waals surface area contributed by atoms with Gasteiger partial charge < -0.3 is 5.11 Å². The first kappa shape index (κ1) is 12.8. The highest BCUT2D eigenvalue weighted by atomic mass is 16.3. The number of nitrogens with zero attached hydrogens (tertiary/aromatic N) is 2. The van der Waals surface area contributed by atoms with Crippen LogP contribution in [0.5, 0.6) is 5.75 Å². The molecule has 2 N–H and O–H groups in total. The summed E-state index contributed by atoms with van der Waals surface area (Å²) in [6.45, 7) is 1.77. The fraction of sp³-hybridized carbons (Fsp3) is 0.0714. The Morgan fingerprint density at radius 2 is 1.95 bits per heavy atom. The molecule has 0 aliphatic carbocycles. The van der Waals surface area contributed by atoms with Crippen LogP contribution in [0.25, 0.3) is 0 Å². The topological polar surface area (TPSA) is 74.6 Å². The summed E-state index contributed by atoms with van der Waals surface area (Å²) in [5, 5.41) is 13.2. The van der Waals surface area contributed by atoms with Gasteiger partial charge in [0.2, 0.25) is 0 Å². The van der Waals surface area contributed by atoms with Gasteiger partial charge in [0.25, 0.3) is 5.91 Å². The lowest BCUT2D eigenvalue weighted by molar-refractivity contribution is 0.0954. The Hall–Kier alpha value is -2.69. The summed E-state index contributed by atoms with van der Waals surface area (Å²) < 4.78 is 0. The molecule has 19 heavy (non-hydrogen) atoms. The monoisotopic (exact) mass is 255 g/mol. The van der Waals surface area contributed by atoms with Gasteiger partial charge in [-0.05, 0) is 48.9 Å². The first-order chi connectivity index (χ1) is 9.16. The fourth-order valence-corrected chi connectivity index (χ4v) is 1.46. The number of carbonyl (C=O) groups excluding carboxylic acids is 1. The van der Waals surface area contributed by atoms with Crippen LogP contribution in [-0.2, 0) is 0 Å². The van der Waals surface area contributed by atoms with E-state index in [0.29, 0.717) is 11.3 Å². The molecule has 0 fully saturated rings. The van der Waals surface area contributed by atoms with Crippen molar-refractivity contribution >= 4 is 11.6 Å². The van der Waals surface area contributed by atoms with E-state index in [2.05, 4.69) is 15.5 Å². The van der Waals surface area contributed by atoms with Crippen molar-refractivity contribution in [3.8, 4) is 5.75 Å². The predicted molar refractivity (Wildman–Crippen MR) is 72.0 cm³/mol. The second-order valence-corrected chi connectivity index (χ2v) is 3.93.